The molecule has 1 amide bonds. The highest BCUT2D eigenvalue weighted by molar-refractivity contribution is 5.81. The van der Waals surface area contributed by atoms with Gasteiger partial charge in [0.15, 0.2) is 0 Å². The highest BCUT2D eigenvalue weighted by atomic mass is 16.5. The summed E-state index contributed by atoms with van der Waals surface area (Å²) < 4.78 is 4.98. The number of rotatable bonds is 8. The number of hydrogen-bond donors (Lipinski definition) is 3. The van der Waals surface area contributed by atoms with Gasteiger partial charge in [-0.3, -0.25) is 15.1 Å². The van der Waals surface area contributed by atoms with Crippen molar-refractivity contribution in [2.24, 2.45) is 5.84 Å². The minimum absolute atomic E-state index is 0.219. The van der Waals surface area contributed by atoms with Gasteiger partial charge in [-0.05, 0) is 33.6 Å². The van der Waals surface area contributed by atoms with Crippen molar-refractivity contribution in [1.29, 1.82) is 0 Å². The van der Waals surface area contributed by atoms with Crippen LogP contribution < -0.4 is 16.6 Å². The molecule has 0 saturated carbocycles. The molecular formula is C9H22N4O2. The lowest BCUT2D eigenvalue weighted by molar-refractivity contribution is -0.127. The summed E-state index contributed by atoms with van der Waals surface area (Å²) in [5.74, 6) is 4.88. The fraction of sp³-hybridized carbons (Fsp3) is 0.889. The molecule has 90 valence electrons. The summed E-state index contributed by atoms with van der Waals surface area (Å²) in [4.78, 5) is 13.3. The van der Waals surface area contributed by atoms with Crippen molar-refractivity contribution in [3.8, 4) is 0 Å². The van der Waals surface area contributed by atoms with Crippen molar-refractivity contribution in [1.82, 2.24) is 15.6 Å². The van der Waals surface area contributed by atoms with Crippen LogP contribution in [-0.4, -0.2) is 57.8 Å². The molecule has 0 aliphatic rings. The smallest absolute Gasteiger partial charge is 0.253 e. The number of amides is 1. The molecule has 4 N–H and O–H groups in total. The minimum Gasteiger partial charge on any atom is -0.383 e. The molecule has 0 aromatic heterocycles. The Balaban J connectivity index is 4.03. The highest BCUT2D eigenvalue weighted by Gasteiger charge is 2.21. The van der Waals surface area contributed by atoms with Crippen molar-refractivity contribution in [2.75, 3.05) is 40.9 Å². The molecule has 0 spiro atoms. The van der Waals surface area contributed by atoms with Gasteiger partial charge in [-0.25, -0.2) is 5.84 Å². The number of nitrogens with two attached hydrogens (primary N) is 1. The van der Waals surface area contributed by atoms with E-state index >= 15 is 0 Å². The number of carbonyl (C=O) groups excluding carboxylic acids is 1. The summed E-state index contributed by atoms with van der Waals surface area (Å²) in [5.41, 5.74) is 2.14. The number of ether oxygens (including phenoxy) is 1. The Bertz CT molecular complexity index is 177. The first-order valence-electron chi connectivity index (χ1n) is 5.01. The molecule has 6 heteroatoms. The monoisotopic (exact) mass is 218 g/mol. The van der Waals surface area contributed by atoms with E-state index in [2.05, 4.69) is 10.7 Å². The molecule has 1 unspecified atom stereocenters. The molecule has 0 rings (SSSR count). The van der Waals surface area contributed by atoms with E-state index in [1.165, 1.54) is 0 Å². The second kappa shape index (κ2) is 8.60. The van der Waals surface area contributed by atoms with Gasteiger partial charge in [0.2, 0.25) is 0 Å². The van der Waals surface area contributed by atoms with Crippen LogP contribution in [0.3, 0.4) is 0 Å². The van der Waals surface area contributed by atoms with Gasteiger partial charge in [-0.1, -0.05) is 0 Å². The normalized spacial score (nSPS) is 12.9. The maximum absolute atomic E-state index is 11.4. The third-order valence-corrected chi connectivity index (χ3v) is 2.24. The van der Waals surface area contributed by atoms with Crippen LogP contribution in [0.4, 0.5) is 0 Å². The maximum atomic E-state index is 11.4. The number of nitrogens with zero attached hydrogens (tertiary/aromatic N) is 1. The quantitative estimate of drug-likeness (QED) is 0.201. The van der Waals surface area contributed by atoms with Crippen LogP contribution >= 0.6 is 0 Å². The summed E-state index contributed by atoms with van der Waals surface area (Å²) in [5, 5.41) is 3.05. The summed E-state index contributed by atoms with van der Waals surface area (Å²) in [7, 11) is 5.35. The molecule has 0 fully saturated rings. The number of carbonyl (C=O) groups is 1. The number of methoxy groups -OCH3 is 1. The molecule has 0 radical (unpaired) electrons. The zero-order valence-corrected chi connectivity index (χ0v) is 9.75. The zero-order chi connectivity index (χ0) is 11.7. The van der Waals surface area contributed by atoms with Gasteiger partial charge in [-0.2, -0.15) is 0 Å². The number of nitrogens with one attached hydrogen (secondary N) is 2. The molecule has 0 aromatic rings. The van der Waals surface area contributed by atoms with Gasteiger partial charge in [-0.15, -0.1) is 0 Å². The van der Waals surface area contributed by atoms with Gasteiger partial charge in [0, 0.05) is 7.11 Å². The van der Waals surface area contributed by atoms with Crippen LogP contribution in [0.5, 0.6) is 0 Å². The summed E-state index contributed by atoms with van der Waals surface area (Å²) in [6, 6.07) is -0.322. The second-order valence-electron chi connectivity index (χ2n) is 3.42. The number of likely N-dealkylation sites (N-methyl/N-ethyl adjacent to an activating group) is 1. The number of hydrogen-bond acceptors (Lipinski definition) is 5. The van der Waals surface area contributed by atoms with Crippen LogP contribution in [0.15, 0.2) is 0 Å². The Morgan fingerprint density at radius 2 is 2.27 bits per heavy atom. The van der Waals surface area contributed by atoms with Gasteiger partial charge >= 0.3 is 0 Å². The Kier molecular flexibility index (Phi) is 8.21. The SMILES string of the molecule is CNCCCN(C)C(COC)C(=O)NN. The predicted molar refractivity (Wildman–Crippen MR) is 59.2 cm³/mol. The van der Waals surface area contributed by atoms with E-state index in [9.17, 15) is 4.79 Å². The Morgan fingerprint density at radius 3 is 2.73 bits per heavy atom. The fourth-order valence-electron chi connectivity index (χ4n) is 1.32. The average Bonchev–Trinajstić information content (AvgIpc) is 2.25. The van der Waals surface area contributed by atoms with Crippen LogP contribution in [-0.2, 0) is 9.53 Å². The molecule has 1 atom stereocenters. The van der Waals surface area contributed by atoms with Crippen LogP contribution in [0.2, 0.25) is 0 Å². The lowest BCUT2D eigenvalue weighted by Gasteiger charge is -2.25. The molecule has 0 heterocycles. The lowest BCUT2D eigenvalue weighted by Crippen LogP contribution is -2.50. The standard InChI is InChI=1S/C9H22N4O2/c1-11-5-4-6-13(2)8(7-15-3)9(14)12-10/h8,11H,4-7,10H2,1-3H3,(H,12,14). The molecule has 6 nitrogen and oxygen atoms in total. The predicted octanol–water partition coefficient (Wildman–Crippen LogP) is -1.47. The second-order valence-corrected chi connectivity index (χ2v) is 3.42. The zero-order valence-electron chi connectivity index (χ0n) is 9.75. The van der Waals surface area contributed by atoms with E-state index in [1.54, 1.807) is 7.11 Å². The van der Waals surface area contributed by atoms with E-state index in [4.69, 9.17) is 10.6 Å². The highest BCUT2D eigenvalue weighted by Crippen LogP contribution is 1.98. The van der Waals surface area contributed by atoms with Gasteiger partial charge < -0.3 is 10.1 Å². The molecular weight excluding hydrogens is 196 g/mol. The largest absolute Gasteiger partial charge is 0.383 e. The first-order chi connectivity index (χ1) is 7.17. The third kappa shape index (κ3) is 5.68. The molecule has 0 bridgehead atoms. The van der Waals surface area contributed by atoms with Crippen LogP contribution in [0.25, 0.3) is 0 Å². The van der Waals surface area contributed by atoms with Gasteiger partial charge in [0.05, 0.1) is 6.61 Å². The van der Waals surface area contributed by atoms with Crippen molar-refractivity contribution in [3.63, 3.8) is 0 Å². The first-order valence-corrected chi connectivity index (χ1v) is 5.01. The van der Waals surface area contributed by atoms with Crippen molar-refractivity contribution < 1.29 is 9.53 Å². The average molecular weight is 218 g/mol. The summed E-state index contributed by atoms with van der Waals surface area (Å²) in [6.07, 6.45) is 0.977. The van der Waals surface area contributed by atoms with E-state index in [1.807, 2.05) is 19.0 Å². The van der Waals surface area contributed by atoms with Crippen molar-refractivity contribution in [3.05, 3.63) is 0 Å². The summed E-state index contributed by atoms with van der Waals surface area (Å²) >= 11 is 0. The fourth-order valence-corrected chi connectivity index (χ4v) is 1.32. The molecule has 0 aliphatic carbocycles. The topological polar surface area (TPSA) is 79.6 Å². The Labute approximate surface area is 91.1 Å². The van der Waals surface area contributed by atoms with Gasteiger partial charge in [0.1, 0.15) is 6.04 Å². The first kappa shape index (κ1) is 14.3. The van der Waals surface area contributed by atoms with E-state index < -0.39 is 0 Å². The Morgan fingerprint density at radius 1 is 1.60 bits per heavy atom. The van der Waals surface area contributed by atoms with Gasteiger partial charge in [0.25, 0.3) is 5.91 Å². The molecule has 0 saturated heterocycles. The number of hydrazine groups is 1. The van der Waals surface area contributed by atoms with E-state index in [0.29, 0.717) is 6.61 Å². The molecule has 0 aromatic carbocycles. The van der Waals surface area contributed by atoms with Crippen molar-refractivity contribution in [2.45, 2.75) is 12.5 Å². The Hall–Kier alpha value is -0.690. The van der Waals surface area contributed by atoms with E-state index in [0.717, 1.165) is 19.5 Å². The van der Waals surface area contributed by atoms with Crippen molar-refractivity contribution >= 4 is 5.91 Å². The minimum atomic E-state index is -0.322. The third-order valence-electron chi connectivity index (χ3n) is 2.24. The molecule has 15 heavy (non-hydrogen) atoms. The maximum Gasteiger partial charge on any atom is 0.253 e. The van der Waals surface area contributed by atoms with Crippen LogP contribution in [0.1, 0.15) is 6.42 Å². The van der Waals surface area contributed by atoms with Crippen LogP contribution in [0, 0.1) is 0 Å². The molecule has 0 aliphatic heterocycles. The lowest BCUT2D eigenvalue weighted by atomic mass is 10.2. The van der Waals surface area contributed by atoms with E-state index in [-0.39, 0.29) is 11.9 Å². The summed E-state index contributed by atoms with van der Waals surface area (Å²) in [6.45, 7) is 2.09.